The average molecular weight is 387 g/mol. The second-order valence-corrected chi connectivity index (χ2v) is 5.61. The minimum Gasteiger partial charge on any atom is -0.495 e. The van der Waals surface area contributed by atoms with Crippen molar-refractivity contribution in [2.75, 3.05) is 17.7 Å². The Balaban J connectivity index is 1.95. The molecule has 2 amide bonds. The summed E-state index contributed by atoms with van der Waals surface area (Å²) in [5.74, 6) is -0.968. The smallest absolute Gasteiger partial charge is 0.416 e. The van der Waals surface area contributed by atoms with E-state index in [0.29, 0.717) is 11.4 Å². The molecule has 2 N–H and O–H groups in total. The molecule has 2 aromatic rings. The van der Waals surface area contributed by atoms with Crippen molar-refractivity contribution >= 4 is 34.8 Å². The van der Waals surface area contributed by atoms with E-state index in [1.54, 1.807) is 6.07 Å². The number of halogens is 4. The molecule has 9 heteroatoms. The van der Waals surface area contributed by atoms with Crippen LogP contribution >= 0.6 is 11.6 Å². The summed E-state index contributed by atoms with van der Waals surface area (Å²) in [7, 11) is 1.44. The Morgan fingerprint density at radius 3 is 2.19 bits per heavy atom. The van der Waals surface area contributed by atoms with Gasteiger partial charge in [0.1, 0.15) is 12.2 Å². The van der Waals surface area contributed by atoms with Gasteiger partial charge in [-0.25, -0.2) is 0 Å². The maximum atomic E-state index is 12.6. The van der Waals surface area contributed by atoms with Gasteiger partial charge >= 0.3 is 6.18 Å². The first kappa shape index (κ1) is 19.6. The molecule has 0 aliphatic rings. The lowest BCUT2D eigenvalue weighted by Gasteiger charge is -2.10. The fourth-order valence-electron chi connectivity index (χ4n) is 2.07. The molecule has 2 rings (SSSR count). The zero-order valence-corrected chi connectivity index (χ0v) is 14.2. The van der Waals surface area contributed by atoms with Crippen LogP contribution in [-0.2, 0) is 15.8 Å². The van der Waals surface area contributed by atoms with E-state index >= 15 is 0 Å². The minimum atomic E-state index is -4.52. The monoisotopic (exact) mass is 386 g/mol. The Hall–Kier alpha value is -2.74. The van der Waals surface area contributed by atoms with Gasteiger partial charge in [0.2, 0.25) is 11.8 Å². The molecule has 0 saturated heterocycles. The lowest BCUT2D eigenvalue weighted by atomic mass is 10.2. The molecule has 0 aliphatic heterocycles. The van der Waals surface area contributed by atoms with Gasteiger partial charge in [0.25, 0.3) is 0 Å². The third kappa shape index (κ3) is 5.38. The first-order valence-corrected chi connectivity index (χ1v) is 7.67. The van der Waals surface area contributed by atoms with Crippen LogP contribution in [0.25, 0.3) is 0 Å². The summed E-state index contributed by atoms with van der Waals surface area (Å²) in [6, 6.07) is 8.66. The van der Waals surface area contributed by atoms with Gasteiger partial charge in [-0.2, -0.15) is 13.2 Å². The van der Waals surface area contributed by atoms with Gasteiger partial charge in [0.15, 0.2) is 0 Å². The molecular formula is C17H14ClF3N2O3. The zero-order valence-electron chi connectivity index (χ0n) is 13.5. The summed E-state index contributed by atoms with van der Waals surface area (Å²) >= 11 is 5.93. The minimum absolute atomic E-state index is 0.0508. The molecule has 0 unspecified atom stereocenters. The number of carbonyl (C=O) groups is 2. The number of alkyl halides is 3. The molecule has 0 radical (unpaired) electrons. The molecule has 0 saturated carbocycles. The summed E-state index contributed by atoms with van der Waals surface area (Å²) in [6.45, 7) is 0. The van der Waals surface area contributed by atoms with Crippen LogP contribution in [0.2, 0.25) is 5.02 Å². The molecule has 0 aromatic heterocycles. The average Bonchev–Trinajstić information content (AvgIpc) is 2.54. The Bertz CT molecular complexity index is 825. The number of ether oxygens (including phenoxy) is 1. The van der Waals surface area contributed by atoms with Crippen LogP contribution < -0.4 is 15.4 Å². The van der Waals surface area contributed by atoms with Crippen LogP contribution in [0, 0.1) is 0 Å². The summed E-state index contributed by atoms with van der Waals surface area (Å²) in [5, 5.41) is 5.00. The molecule has 5 nitrogen and oxygen atoms in total. The van der Waals surface area contributed by atoms with Crippen LogP contribution in [0.4, 0.5) is 24.5 Å². The Morgan fingerprint density at radius 1 is 1.04 bits per heavy atom. The zero-order chi connectivity index (χ0) is 19.3. The van der Waals surface area contributed by atoms with Gasteiger partial charge in [0.05, 0.1) is 17.7 Å². The second kappa shape index (κ2) is 8.09. The number of benzene rings is 2. The van der Waals surface area contributed by atoms with Crippen molar-refractivity contribution in [3.63, 3.8) is 0 Å². The van der Waals surface area contributed by atoms with Gasteiger partial charge in [-0.15, -0.1) is 0 Å². The third-order valence-corrected chi connectivity index (χ3v) is 3.53. The van der Waals surface area contributed by atoms with Crippen LogP contribution in [0.1, 0.15) is 12.0 Å². The van der Waals surface area contributed by atoms with E-state index in [2.05, 4.69) is 10.6 Å². The fourth-order valence-corrected chi connectivity index (χ4v) is 2.33. The summed E-state index contributed by atoms with van der Waals surface area (Å²) in [5.41, 5.74) is -0.592. The van der Waals surface area contributed by atoms with Gasteiger partial charge in [0, 0.05) is 11.4 Å². The molecule has 0 aliphatic carbocycles. The first-order valence-electron chi connectivity index (χ1n) is 7.29. The number of nitrogens with one attached hydrogen (secondary N) is 2. The summed E-state index contributed by atoms with van der Waals surface area (Å²) in [4.78, 5) is 23.7. The van der Waals surface area contributed by atoms with Gasteiger partial charge in [-0.3, -0.25) is 9.59 Å². The van der Waals surface area contributed by atoms with Gasteiger partial charge < -0.3 is 15.4 Å². The van der Waals surface area contributed by atoms with E-state index in [9.17, 15) is 22.8 Å². The standard InChI is InChI=1S/C17H14ClF3N2O3/c1-26-14-6-5-12(8-13(14)18)23-16(25)9-15(24)22-11-4-2-3-10(7-11)17(19,20)21/h2-8H,9H2,1H3,(H,22,24)(H,23,25). The Morgan fingerprint density at radius 2 is 1.65 bits per heavy atom. The van der Waals surface area contributed by atoms with Crippen molar-refractivity contribution in [3.8, 4) is 5.75 Å². The lowest BCUT2D eigenvalue weighted by molar-refractivity contribution is -0.137. The van der Waals surface area contributed by atoms with Crippen molar-refractivity contribution < 1.29 is 27.5 Å². The summed E-state index contributed by atoms with van der Waals surface area (Å²) in [6.07, 6.45) is -5.09. The number of hydrogen-bond acceptors (Lipinski definition) is 3. The highest BCUT2D eigenvalue weighted by Crippen LogP contribution is 2.30. The first-order chi connectivity index (χ1) is 12.2. The van der Waals surface area contributed by atoms with Crippen LogP contribution in [0.3, 0.4) is 0 Å². The number of hydrogen-bond donors (Lipinski definition) is 2. The van der Waals surface area contributed by atoms with Crippen molar-refractivity contribution in [3.05, 3.63) is 53.1 Å². The largest absolute Gasteiger partial charge is 0.495 e. The van der Waals surface area contributed by atoms with Crippen LogP contribution in [-0.4, -0.2) is 18.9 Å². The third-order valence-electron chi connectivity index (χ3n) is 3.23. The molecule has 0 spiro atoms. The molecule has 0 fully saturated rings. The van der Waals surface area contributed by atoms with Crippen molar-refractivity contribution in [2.24, 2.45) is 0 Å². The molecule has 2 aromatic carbocycles. The highest BCUT2D eigenvalue weighted by atomic mass is 35.5. The number of methoxy groups -OCH3 is 1. The SMILES string of the molecule is COc1ccc(NC(=O)CC(=O)Nc2cccc(C(F)(F)F)c2)cc1Cl. The number of rotatable bonds is 5. The molecule has 0 heterocycles. The quantitative estimate of drug-likeness (QED) is 0.751. The van der Waals surface area contributed by atoms with Crippen molar-refractivity contribution in [2.45, 2.75) is 12.6 Å². The van der Waals surface area contributed by atoms with Gasteiger partial charge in [-0.1, -0.05) is 17.7 Å². The highest BCUT2D eigenvalue weighted by molar-refractivity contribution is 6.32. The maximum Gasteiger partial charge on any atom is 0.416 e. The molecule has 26 heavy (non-hydrogen) atoms. The predicted octanol–water partition coefficient (Wildman–Crippen LogP) is 4.33. The molecular weight excluding hydrogens is 373 g/mol. The van der Waals surface area contributed by atoms with E-state index in [1.165, 1.54) is 25.3 Å². The number of carbonyl (C=O) groups excluding carboxylic acids is 2. The van der Waals surface area contributed by atoms with Crippen molar-refractivity contribution in [1.82, 2.24) is 0 Å². The Kier molecular flexibility index (Phi) is 6.10. The van der Waals surface area contributed by atoms with Gasteiger partial charge in [-0.05, 0) is 36.4 Å². The molecule has 138 valence electrons. The van der Waals surface area contributed by atoms with E-state index in [0.717, 1.165) is 18.2 Å². The van der Waals surface area contributed by atoms with E-state index in [1.807, 2.05) is 0 Å². The molecule has 0 bridgehead atoms. The normalized spacial score (nSPS) is 11.0. The fraction of sp³-hybridized carbons (Fsp3) is 0.176. The topological polar surface area (TPSA) is 67.4 Å². The maximum absolute atomic E-state index is 12.6. The highest BCUT2D eigenvalue weighted by Gasteiger charge is 2.30. The van der Waals surface area contributed by atoms with E-state index in [4.69, 9.17) is 16.3 Å². The van der Waals surface area contributed by atoms with Crippen LogP contribution in [0.15, 0.2) is 42.5 Å². The molecule has 0 atom stereocenters. The van der Waals surface area contributed by atoms with Crippen LogP contribution in [0.5, 0.6) is 5.75 Å². The summed E-state index contributed by atoms with van der Waals surface area (Å²) < 4.78 is 42.9. The second-order valence-electron chi connectivity index (χ2n) is 5.20. The number of amides is 2. The Labute approximate surface area is 152 Å². The van der Waals surface area contributed by atoms with E-state index < -0.39 is 30.0 Å². The predicted molar refractivity (Wildman–Crippen MR) is 91.3 cm³/mol. The lowest BCUT2D eigenvalue weighted by Crippen LogP contribution is -2.21. The van der Waals surface area contributed by atoms with Crippen molar-refractivity contribution in [1.29, 1.82) is 0 Å². The number of anilines is 2. The van der Waals surface area contributed by atoms with E-state index in [-0.39, 0.29) is 10.7 Å².